The van der Waals surface area contributed by atoms with Crippen molar-refractivity contribution >= 4 is 0 Å². The Hall–Kier alpha value is -2.41. The van der Waals surface area contributed by atoms with Crippen LogP contribution < -0.4 is 4.57 Å². The van der Waals surface area contributed by atoms with Crippen molar-refractivity contribution in [2.24, 2.45) is 7.05 Å². The van der Waals surface area contributed by atoms with Gasteiger partial charge in [0.15, 0.2) is 6.20 Å². The Kier molecular flexibility index (Phi) is 3.99. The monoisotopic (exact) mass is 342 g/mol. The van der Waals surface area contributed by atoms with Crippen molar-refractivity contribution in [1.82, 2.24) is 0 Å². The molecule has 1 aromatic heterocycles. The van der Waals surface area contributed by atoms with E-state index in [2.05, 4.69) is 88.8 Å². The highest BCUT2D eigenvalue weighted by Gasteiger charge is 2.28. The lowest BCUT2D eigenvalue weighted by molar-refractivity contribution is -0.660. The largest absolute Gasteiger partial charge is 0.213 e. The average Bonchev–Trinajstić information content (AvgIpc) is 2.96. The van der Waals surface area contributed by atoms with Crippen LogP contribution in [0.2, 0.25) is 0 Å². The van der Waals surface area contributed by atoms with Gasteiger partial charge in [0.1, 0.15) is 7.05 Å². The zero-order valence-corrected chi connectivity index (χ0v) is 16.8. The van der Waals surface area contributed by atoms with Gasteiger partial charge in [0.2, 0.25) is 5.69 Å². The summed E-state index contributed by atoms with van der Waals surface area (Å²) in [7, 11) is 2.17. The third-order valence-electron chi connectivity index (χ3n) is 6.00. The topological polar surface area (TPSA) is 3.88 Å². The zero-order valence-electron chi connectivity index (χ0n) is 16.8. The highest BCUT2D eigenvalue weighted by atomic mass is 14.9. The van der Waals surface area contributed by atoms with Crippen LogP contribution >= 0.6 is 0 Å². The molecule has 0 bridgehead atoms. The van der Waals surface area contributed by atoms with E-state index in [0.717, 1.165) is 6.42 Å². The minimum atomic E-state index is 0.557. The first-order valence-corrected chi connectivity index (χ1v) is 9.60. The summed E-state index contributed by atoms with van der Waals surface area (Å²) in [6.45, 7) is 11.2. The molecule has 0 aliphatic heterocycles. The molecule has 0 spiro atoms. The molecule has 1 heterocycles. The smallest absolute Gasteiger partial charge is 0.201 e. The zero-order chi connectivity index (χ0) is 18.6. The summed E-state index contributed by atoms with van der Waals surface area (Å²) in [6.07, 6.45) is 3.30. The van der Waals surface area contributed by atoms with Crippen LogP contribution in [0.4, 0.5) is 0 Å². The summed E-state index contributed by atoms with van der Waals surface area (Å²) >= 11 is 0. The number of aromatic nitrogens is 1. The molecular weight excluding hydrogens is 314 g/mol. The summed E-state index contributed by atoms with van der Waals surface area (Å²) in [6, 6.07) is 13.8. The molecule has 1 nitrogen and oxygen atoms in total. The fraction of sp³-hybridized carbons (Fsp3) is 0.320. The maximum Gasteiger partial charge on any atom is 0.213 e. The lowest BCUT2D eigenvalue weighted by atomic mass is 9.93. The van der Waals surface area contributed by atoms with Gasteiger partial charge < -0.3 is 0 Å². The predicted octanol–water partition coefficient (Wildman–Crippen LogP) is 5.80. The molecule has 4 rings (SSSR count). The summed E-state index contributed by atoms with van der Waals surface area (Å²) in [5.41, 5.74) is 14.2. The number of aryl methyl sites for hydroxylation is 4. The van der Waals surface area contributed by atoms with Crippen molar-refractivity contribution < 1.29 is 4.57 Å². The lowest BCUT2D eigenvalue weighted by Crippen LogP contribution is -2.32. The maximum atomic E-state index is 2.35. The Morgan fingerprint density at radius 1 is 0.846 bits per heavy atom. The second-order valence-corrected chi connectivity index (χ2v) is 8.12. The molecule has 1 heteroatoms. The van der Waals surface area contributed by atoms with Gasteiger partial charge in [-0.1, -0.05) is 44.2 Å². The Balaban J connectivity index is 1.98. The number of hydrogen-bond acceptors (Lipinski definition) is 0. The number of hydrogen-bond donors (Lipinski definition) is 0. The Labute approximate surface area is 157 Å². The third kappa shape index (κ3) is 2.49. The summed E-state index contributed by atoms with van der Waals surface area (Å²) in [5.74, 6) is 0.557. The molecule has 26 heavy (non-hydrogen) atoms. The van der Waals surface area contributed by atoms with Gasteiger partial charge in [0.05, 0.1) is 5.56 Å². The van der Waals surface area contributed by atoms with Crippen molar-refractivity contribution in [3.63, 3.8) is 0 Å². The molecule has 0 fully saturated rings. The molecule has 132 valence electrons. The predicted molar refractivity (Wildman–Crippen MR) is 110 cm³/mol. The summed E-state index contributed by atoms with van der Waals surface area (Å²) in [4.78, 5) is 0. The van der Waals surface area contributed by atoms with E-state index >= 15 is 0 Å². The highest BCUT2D eigenvalue weighted by Crippen LogP contribution is 2.44. The second kappa shape index (κ2) is 6.09. The number of fused-ring (bicyclic) bond motifs is 3. The van der Waals surface area contributed by atoms with E-state index in [9.17, 15) is 0 Å². The molecule has 0 saturated heterocycles. The fourth-order valence-electron chi connectivity index (χ4n) is 4.46. The molecule has 0 radical (unpaired) electrons. The molecule has 0 atom stereocenters. The SMILES string of the molecule is Cc1cc(-c2c(C)ccc3c2Cc2c-3cccc2C(C)C)[n+](C)cc1C. The number of rotatable bonds is 2. The normalized spacial score (nSPS) is 12.4. The fourth-order valence-corrected chi connectivity index (χ4v) is 4.46. The van der Waals surface area contributed by atoms with Gasteiger partial charge >= 0.3 is 0 Å². The highest BCUT2D eigenvalue weighted by molar-refractivity contribution is 5.85. The average molecular weight is 343 g/mol. The quantitative estimate of drug-likeness (QED) is 0.405. The first-order valence-electron chi connectivity index (χ1n) is 9.60. The molecule has 0 saturated carbocycles. The lowest BCUT2D eigenvalue weighted by Gasteiger charge is -2.12. The molecular formula is C25H28N+. The molecule has 1 aliphatic rings. The number of nitrogens with zero attached hydrogens (tertiary/aromatic N) is 1. The van der Waals surface area contributed by atoms with E-state index in [-0.39, 0.29) is 0 Å². The van der Waals surface area contributed by atoms with Gasteiger partial charge in [-0.15, -0.1) is 0 Å². The molecule has 1 aliphatic carbocycles. The van der Waals surface area contributed by atoms with Crippen LogP contribution in [0.25, 0.3) is 22.4 Å². The van der Waals surface area contributed by atoms with Gasteiger partial charge in [0, 0.05) is 11.6 Å². The minimum Gasteiger partial charge on any atom is -0.201 e. The van der Waals surface area contributed by atoms with Crippen molar-refractivity contribution in [1.29, 1.82) is 0 Å². The molecule has 0 amide bonds. The summed E-state index contributed by atoms with van der Waals surface area (Å²) in [5, 5.41) is 0. The maximum absolute atomic E-state index is 2.35. The Bertz CT molecular complexity index is 1020. The van der Waals surface area contributed by atoms with Crippen molar-refractivity contribution in [3.8, 4) is 22.4 Å². The Morgan fingerprint density at radius 3 is 2.31 bits per heavy atom. The van der Waals surface area contributed by atoms with Crippen LogP contribution in [0.3, 0.4) is 0 Å². The van der Waals surface area contributed by atoms with Gasteiger partial charge in [0.25, 0.3) is 0 Å². The number of benzene rings is 2. The number of pyridine rings is 1. The van der Waals surface area contributed by atoms with Gasteiger partial charge in [-0.05, 0) is 72.1 Å². The van der Waals surface area contributed by atoms with Crippen molar-refractivity contribution in [2.45, 2.75) is 47.0 Å². The van der Waals surface area contributed by atoms with E-state index < -0.39 is 0 Å². The molecule has 0 unspecified atom stereocenters. The van der Waals surface area contributed by atoms with E-state index in [0.29, 0.717) is 5.92 Å². The standard InChI is InChI=1S/C25H28N/c1-15(2)19-8-7-9-20-21-11-10-16(3)25(23(21)13-22(19)20)24-12-17(4)18(5)14-26(24)6/h7-12,14-15H,13H2,1-6H3/q+1. The molecule has 3 aromatic rings. The van der Waals surface area contributed by atoms with Crippen LogP contribution in [0.1, 0.15) is 53.1 Å². The van der Waals surface area contributed by atoms with E-state index in [1.807, 2.05) is 0 Å². The first-order chi connectivity index (χ1) is 12.4. The van der Waals surface area contributed by atoms with Crippen molar-refractivity contribution in [3.05, 3.63) is 76.0 Å². The third-order valence-corrected chi connectivity index (χ3v) is 6.00. The van der Waals surface area contributed by atoms with Gasteiger partial charge in [-0.3, -0.25) is 0 Å². The van der Waals surface area contributed by atoms with E-state index in [1.54, 1.807) is 0 Å². The van der Waals surface area contributed by atoms with Crippen LogP contribution in [0, 0.1) is 20.8 Å². The van der Waals surface area contributed by atoms with Crippen LogP contribution in [-0.4, -0.2) is 0 Å². The minimum absolute atomic E-state index is 0.557. The van der Waals surface area contributed by atoms with Gasteiger partial charge in [-0.25, -0.2) is 4.57 Å². The van der Waals surface area contributed by atoms with Gasteiger partial charge in [-0.2, -0.15) is 0 Å². The van der Waals surface area contributed by atoms with E-state index in [1.165, 1.54) is 55.8 Å². The molecule has 2 aromatic carbocycles. The Morgan fingerprint density at radius 2 is 1.58 bits per heavy atom. The second-order valence-electron chi connectivity index (χ2n) is 8.12. The van der Waals surface area contributed by atoms with E-state index in [4.69, 9.17) is 0 Å². The first kappa shape index (κ1) is 17.0. The van der Waals surface area contributed by atoms with Crippen LogP contribution in [0.15, 0.2) is 42.6 Å². The van der Waals surface area contributed by atoms with Crippen molar-refractivity contribution in [2.75, 3.05) is 0 Å². The summed E-state index contributed by atoms with van der Waals surface area (Å²) < 4.78 is 2.29. The van der Waals surface area contributed by atoms with Crippen LogP contribution in [0.5, 0.6) is 0 Å². The molecule has 0 N–H and O–H groups in total. The van der Waals surface area contributed by atoms with Crippen LogP contribution in [-0.2, 0) is 13.5 Å².